The number of hydrogen-bond acceptors (Lipinski definition) is 4. The van der Waals surface area contributed by atoms with Gasteiger partial charge in [0, 0.05) is 34.1 Å². The van der Waals surface area contributed by atoms with Crippen LogP contribution in [0.4, 0.5) is 10.1 Å². The van der Waals surface area contributed by atoms with Crippen molar-refractivity contribution in [2.45, 2.75) is 13.5 Å². The zero-order chi connectivity index (χ0) is 19.2. The summed E-state index contributed by atoms with van der Waals surface area (Å²) in [5, 5.41) is 14.9. The van der Waals surface area contributed by atoms with Gasteiger partial charge in [0.25, 0.3) is 5.91 Å². The third kappa shape index (κ3) is 4.72. The van der Waals surface area contributed by atoms with Gasteiger partial charge in [-0.15, -0.1) is 11.3 Å². The van der Waals surface area contributed by atoms with Crippen molar-refractivity contribution in [3.05, 3.63) is 76.4 Å². The molecule has 6 heteroatoms. The molecule has 0 bridgehead atoms. The van der Waals surface area contributed by atoms with E-state index < -0.39 is 0 Å². The third-order valence-corrected chi connectivity index (χ3v) is 5.35. The minimum atomic E-state index is -0.240. The van der Waals surface area contributed by atoms with E-state index in [4.69, 9.17) is 5.11 Å². The molecule has 3 rings (SSSR count). The first-order valence-electron chi connectivity index (χ1n) is 8.65. The van der Waals surface area contributed by atoms with Gasteiger partial charge in [-0.3, -0.25) is 4.79 Å². The van der Waals surface area contributed by atoms with E-state index >= 15 is 0 Å². The number of amides is 1. The number of rotatable bonds is 7. The van der Waals surface area contributed by atoms with Crippen molar-refractivity contribution in [2.75, 3.05) is 18.5 Å². The fourth-order valence-corrected chi connectivity index (χ4v) is 3.72. The van der Waals surface area contributed by atoms with Gasteiger partial charge < -0.3 is 15.7 Å². The zero-order valence-corrected chi connectivity index (χ0v) is 15.8. The normalized spacial score (nSPS) is 10.6. The first-order chi connectivity index (χ1) is 13.1. The predicted molar refractivity (Wildman–Crippen MR) is 108 cm³/mol. The molecule has 0 radical (unpaired) electrons. The Morgan fingerprint density at radius 2 is 1.89 bits per heavy atom. The summed E-state index contributed by atoms with van der Waals surface area (Å²) >= 11 is 1.65. The fraction of sp³-hybridized carbons (Fsp3) is 0.190. The van der Waals surface area contributed by atoms with E-state index in [1.807, 2.05) is 31.2 Å². The van der Waals surface area contributed by atoms with Crippen molar-refractivity contribution < 1.29 is 14.3 Å². The lowest BCUT2D eigenvalue weighted by atomic mass is 10.1. The minimum absolute atomic E-state index is 0.0858. The lowest BCUT2D eigenvalue weighted by Crippen LogP contribution is -2.27. The molecule has 0 aliphatic carbocycles. The van der Waals surface area contributed by atoms with Crippen LogP contribution in [-0.4, -0.2) is 24.2 Å². The number of carbonyl (C=O) groups excluding carboxylic acids is 1. The lowest BCUT2D eigenvalue weighted by Gasteiger charge is -2.12. The topological polar surface area (TPSA) is 61.4 Å². The summed E-state index contributed by atoms with van der Waals surface area (Å²) in [5.74, 6) is -0.435. The number of anilines is 1. The van der Waals surface area contributed by atoms with E-state index in [-0.39, 0.29) is 24.9 Å². The summed E-state index contributed by atoms with van der Waals surface area (Å²) in [6.45, 7) is 2.68. The smallest absolute Gasteiger partial charge is 0.251 e. The zero-order valence-electron chi connectivity index (χ0n) is 15.0. The van der Waals surface area contributed by atoms with Crippen LogP contribution in [0.2, 0.25) is 0 Å². The summed E-state index contributed by atoms with van der Waals surface area (Å²) in [6, 6.07) is 16.1. The van der Waals surface area contributed by atoms with E-state index in [1.54, 1.807) is 29.5 Å². The van der Waals surface area contributed by atoms with Gasteiger partial charge in [0.15, 0.2) is 0 Å². The molecule has 0 aliphatic heterocycles. The van der Waals surface area contributed by atoms with Crippen LogP contribution in [0, 0.1) is 12.7 Å². The van der Waals surface area contributed by atoms with Crippen LogP contribution in [0.3, 0.4) is 0 Å². The monoisotopic (exact) mass is 384 g/mol. The Morgan fingerprint density at radius 3 is 2.63 bits per heavy atom. The second-order valence-corrected chi connectivity index (χ2v) is 7.25. The molecular weight excluding hydrogens is 363 g/mol. The molecule has 140 valence electrons. The van der Waals surface area contributed by atoms with E-state index in [1.165, 1.54) is 12.1 Å². The highest BCUT2D eigenvalue weighted by molar-refractivity contribution is 7.15. The standard InChI is InChI=1S/C21H21FN2O2S/c1-14-18(21(26)23-11-12-25)3-2-4-19(14)24-13-17-9-10-20(27-17)15-5-7-16(22)8-6-15/h2-10,24-25H,11-13H2,1H3,(H,23,26). The molecule has 1 aromatic heterocycles. The van der Waals surface area contributed by atoms with Crippen molar-refractivity contribution in [3.63, 3.8) is 0 Å². The van der Waals surface area contributed by atoms with Crippen LogP contribution in [0.5, 0.6) is 0 Å². The van der Waals surface area contributed by atoms with E-state index in [0.29, 0.717) is 12.1 Å². The number of benzene rings is 2. The number of thiophene rings is 1. The SMILES string of the molecule is Cc1c(NCc2ccc(-c3ccc(F)cc3)s2)cccc1C(=O)NCCO. The van der Waals surface area contributed by atoms with Crippen LogP contribution in [0.15, 0.2) is 54.6 Å². The number of aliphatic hydroxyl groups excluding tert-OH is 1. The van der Waals surface area contributed by atoms with E-state index in [2.05, 4.69) is 10.6 Å². The molecule has 3 aromatic rings. The van der Waals surface area contributed by atoms with Crippen LogP contribution in [0.1, 0.15) is 20.8 Å². The van der Waals surface area contributed by atoms with E-state index in [0.717, 1.165) is 26.6 Å². The van der Waals surface area contributed by atoms with Crippen LogP contribution in [-0.2, 0) is 6.54 Å². The Kier molecular flexibility index (Phi) is 6.21. The van der Waals surface area contributed by atoms with Gasteiger partial charge in [-0.25, -0.2) is 4.39 Å². The second-order valence-electron chi connectivity index (χ2n) is 6.08. The maximum Gasteiger partial charge on any atom is 0.251 e. The molecule has 2 aromatic carbocycles. The van der Waals surface area contributed by atoms with Gasteiger partial charge in [-0.2, -0.15) is 0 Å². The van der Waals surface area contributed by atoms with Crippen molar-refractivity contribution in [2.24, 2.45) is 0 Å². The molecule has 0 fully saturated rings. The van der Waals surface area contributed by atoms with Crippen molar-refractivity contribution in [1.29, 1.82) is 0 Å². The number of carbonyl (C=O) groups is 1. The summed E-state index contributed by atoms with van der Waals surface area (Å²) < 4.78 is 13.1. The molecule has 1 amide bonds. The minimum Gasteiger partial charge on any atom is -0.395 e. The number of aliphatic hydroxyl groups is 1. The van der Waals surface area contributed by atoms with Gasteiger partial charge in [0.1, 0.15) is 5.82 Å². The number of halogens is 1. The van der Waals surface area contributed by atoms with E-state index in [9.17, 15) is 9.18 Å². The highest BCUT2D eigenvalue weighted by Crippen LogP contribution is 2.29. The Bertz CT molecular complexity index is 922. The average molecular weight is 384 g/mol. The molecule has 0 atom stereocenters. The molecule has 4 nitrogen and oxygen atoms in total. The Morgan fingerprint density at radius 1 is 1.11 bits per heavy atom. The average Bonchev–Trinajstić information content (AvgIpc) is 3.15. The first-order valence-corrected chi connectivity index (χ1v) is 9.47. The molecule has 0 saturated carbocycles. The lowest BCUT2D eigenvalue weighted by molar-refractivity contribution is 0.0944. The second kappa shape index (κ2) is 8.79. The molecular formula is C21H21FN2O2S. The predicted octanol–water partition coefficient (Wildman–Crippen LogP) is 4.20. The highest BCUT2D eigenvalue weighted by atomic mass is 32.1. The molecule has 0 spiro atoms. The Hall–Kier alpha value is -2.70. The van der Waals surface area contributed by atoms with Crippen LogP contribution < -0.4 is 10.6 Å². The summed E-state index contributed by atoms with van der Waals surface area (Å²) in [5.41, 5.74) is 3.34. The maximum absolute atomic E-state index is 13.1. The molecule has 1 heterocycles. The van der Waals surface area contributed by atoms with Gasteiger partial charge in [-0.05, 0) is 54.4 Å². The summed E-state index contributed by atoms with van der Waals surface area (Å²) in [4.78, 5) is 14.4. The number of hydrogen-bond donors (Lipinski definition) is 3. The Labute approximate surface area is 161 Å². The summed E-state index contributed by atoms with van der Waals surface area (Å²) in [7, 11) is 0. The van der Waals surface area contributed by atoms with Gasteiger partial charge >= 0.3 is 0 Å². The van der Waals surface area contributed by atoms with Crippen LogP contribution in [0.25, 0.3) is 10.4 Å². The maximum atomic E-state index is 13.1. The largest absolute Gasteiger partial charge is 0.395 e. The van der Waals surface area contributed by atoms with Gasteiger partial charge in [-0.1, -0.05) is 18.2 Å². The van der Waals surface area contributed by atoms with Crippen molar-refractivity contribution >= 4 is 22.9 Å². The molecule has 3 N–H and O–H groups in total. The summed E-state index contributed by atoms with van der Waals surface area (Å²) in [6.07, 6.45) is 0. The number of nitrogens with one attached hydrogen (secondary N) is 2. The van der Waals surface area contributed by atoms with Crippen molar-refractivity contribution in [1.82, 2.24) is 5.32 Å². The molecule has 0 aliphatic rings. The fourth-order valence-electron chi connectivity index (χ4n) is 2.76. The third-order valence-electron chi connectivity index (χ3n) is 4.22. The van der Waals surface area contributed by atoms with Gasteiger partial charge in [0.2, 0.25) is 0 Å². The highest BCUT2D eigenvalue weighted by Gasteiger charge is 2.11. The molecule has 0 unspecified atom stereocenters. The quantitative estimate of drug-likeness (QED) is 0.572. The van der Waals surface area contributed by atoms with Crippen molar-refractivity contribution in [3.8, 4) is 10.4 Å². The van der Waals surface area contributed by atoms with Crippen LogP contribution >= 0.6 is 11.3 Å². The van der Waals surface area contributed by atoms with Gasteiger partial charge in [0.05, 0.1) is 6.61 Å². The Balaban J connectivity index is 1.68. The first kappa shape index (κ1) is 19.1. The molecule has 27 heavy (non-hydrogen) atoms. The molecule has 0 saturated heterocycles.